The van der Waals surface area contributed by atoms with Gasteiger partial charge in [0, 0.05) is 0 Å². The zero-order valence-electron chi connectivity index (χ0n) is 19.2. The van der Waals surface area contributed by atoms with Crippen molar-refractivity contribution in [1.82, 2.24) is 0 Å². The van der Waals surface area contributed by atoms with Gasteiger partial charge in [0.15, 0.2) is 0 Å². The quantitative estimate of drug-likeness (QED) is 0.536. The molecule has 1 saturated heterocycles. The maximum Gasteiger partial charge on any atom is 0.104 e. The Bertz CT molecular complexity index is 333. The van der Waals surface area contributed by atoms with Gasteiger partial charge in [0.2, 0.25) is 0 Å². The Morgan fingerprint density at radius 1 is 0.375 bits per heavy atom. The predicted octanol–water partition coefficient (Wildman–Crippen LogP) is -0.473. The number of aliphatic hydroxyl groups excluding tert-OH is 1. The second kappa shape index (κ2) is 25.2. The normalized spacial score (nSPS) is 25.6. The summed E-state index contributed by atoms with van der Waals surface area (Å²) in [7, 11) is 0. The number of ether oxygens (including phenoxy) is 10. The van der Waals surface area contributed by atoms with Gasteiger partial charge < -0.3 is 52.5 Å². The lowest BCUT2D eigenvalue weighted by molar-refractivity contribution is -0.0716. The van der Waals surface area contributed by atoms with Crippen molar-refractivity contribution in [3.8, 4) is 0 Å². The van der Waals surface area contributed by atoms with E-state index in [1.807, 2.05) is 0 Å². The van der Waals surface area contributed by atoms with Crippen LogP contribution in [0.3, 0.4) is 0 Å². The van der Waals surface area contributed by atoms with Crippen molar-refractivity contribution in [2.75, 3.05) is 132 Å². The molecule has 192 valence electrons. The number of hydrogen-bond acceptors (Lipinski definition) is 11. The van der Waals surface area contributed by atoms with Gasteiger partial charge in [-0.15, -0.1) is 0 Å². The highest BCUT2D eigenvalue weighted by Crippen LogP contribution is 1.94. The lowest BCUT2D eigenvalue weighted by Crippen LogP contribution is -2.27. The third-order valence-electron chi connectivity index (χ3n) is 4.06. The molecule has 11 heteroatoms. The molecule has 1 heterocycles. The van der Waals surface area contributed by atoms with E-state index >= 15 is 0 Å². The Kier molecular flexibility index (Phi) is 23.3. The molecule has 1 atom stereocenters. The minimum atomic E-state index is -0.384. The molecule has 1 unspecified atom stereocenters. The van der Waals surface area contributed by atoms with E-state index in [1.165, 1.54) is 0 Å². The first kappa shape index (κ1) is 29.6. The van der Waals surface area contributed by atoms with Crippen molar-refractivity contribution in [2.24, 2.45) is 0 Å². The summed E-state index contributed by atoms with van der Waals surface area (Å²) in [5, 5.41) is 9.35. The minimum absolute atomic E-state index is 0.114. The molecule has 0 radical (unpaired) electrons. The summed E-state index contributed by atoms with van der Waals surface area (Å²) in [5.41, 5.74) is 0. The van der Waals surface area contributed by atoms with Gasteiger partial charge in [-0.3, -0.25) is 0 Å². The van der Waals surface area contributed by atoms with Gasteiger partial charge in [-0.05, 0) is 0 Å². The van der Waals surface area contributed by atoms with Gasteiger partial charge in [0.1, 0.15) is 6.10 Å². The summed E-state index contributed by atoms with van der Waals surface area (Å²) >= 11 is 0. The molecule has 1 fully saturated rings. The van der Waals surface area contributed by atoms with Gasteiger partial charge >= 0.3 is 0 Å². The fourth-order valence-corrected chi connectivity index (χ4v) is 2.40. The summed E-state index contributed by atoms with van der Waals surface area (Å²) < 4.78 is 54.4. The Balaban J connectivity index is 2.10. The summed E-state index contributed by atoms with van der Waals surface area (Å²) in [6.45, 7) is 8.93. The van der Waals surface area contributed by atoms with Crippen LogP contribution in [-0.4, -0.2) is 143 Å². The Morgan fingerprint density at radius 2 is 0.625 bits per heavy atom. The average Bonchev–Trinajstić information content (AvgIpc) is 2.81. The minimum Gasteiger partial charge on any atom is -0.394 e. The fraction of sp³-hybridized carbons (Fsp3) is 1.00. The highest BCUT2D eigenvalue weighted by atomic mass is 16.6. The lowest BCUT2D eigenvalue weighted by atomic mass is 10.4. The summed E-state index contributed by atoms with van der Waals surface area (Å²) in [5.74, 6) is 0. The van der Waals surface area contributed by atoms with Crippen LogP contribution < -0.4 is 0 Å². The second-order valence-corrected chi connectivity index (χ2v) is 6.65. The first-order chi connectivity index (χ1) is 15.9. The smallest absolute Gasteiger partial charge is 0.104 e. The first-order valence-corrected chi connectivity index (χ1v) is 11.4. The van der Waals surface area contributed by atoms with Crippen LogP contribution in [0.4, 0.5) is 0 Å². The molecule has 1 N–H and O–H groups in total. The van der Waals surface area contributed by atoms with Crippen molar-refractivity contribution < 1.29 is 52.5 Å². The molecule has 0 bridgehead atoms. The third kappa shape index (κ3) is 21.4. The maximum absolute atomic E-state index is 9.35. The van der Waals surface area contributed by atoms with Crippen LogP contribution in [0.15, 0.2) is 0 Å². The van der Waals surface area contributed by atoms with Crippen molar-refractivity contribution in [3.05, 3.63) is 0 Å². The predicted molar refractivity (Wildman–Crippen MR) is 114 cm³/mol. The molecule has 1 aliphatic heterocycles. The first-order valence-electron chi connectivity index (χ1n) is 11.4. The standard InChI is InChI=1S/C21H42O11/c22-19-21-20-31-16-15-29-12-11-27-8-7-25-4-3-23-1-2-24-5-6-26-9-10-28-13-14-30-17-18-32-21/h21-22H,1-20H2. The Labute approximate surface area is 191 Å². The van der Waals surface area contributed by atoms with Gasteiger partial charge in [-0.2, -0.15) is 0 Å². The van der Waals surface area contributed by atoms with E-state index in [0.29, 0.717) is 126 Å². The van der Waals surface area contributed by atoms with Crippen LogP contribution in [0.2, 0.25) is 0 Å². The molecular weight excluding hydrogens is 428 g/mol. The molecule has 11 nitrogen and oxygen atoms in total. The zero-order valence-corrected chi connectivity index (χ0v) is 19.2. The molecule has 32 heavy (non-hydrogen) atoms. The fourth-order valence-electron chi connectivity index (χ4n) is 2.40. The molecule has 1 aliphatic rings. The highest BCUT2D eigenvalue weighted by Gasteiger charge is 2.07. The SMILES string of the molecule is OCC1COCCOCCOCCOCCOCCOCCOCCOCCOCCO1. The van der Waals surface area contributed by atoms with Crippen molar-refractivity contribution in [2.45, 2.75) is 6.10 Å². The van der Waals surface area contributed by atoms with Crippen LogP contribution in [0.1, 0.15) is 0 Å². The monoisotopic (exact) mass is 470 g/mol. The molecule has 1 rings (SSSR count). The van der Waals surface area contributed by atoms with Gasteiger partial charge in [0.05, 0.1) is 132 Å². The van der Waals surface area contributed by atoms with E-state index in [0.717, 1.165) is 0 Å². The molecule has 0 saturated carbocycles. The molecule has 0 amide bonds. The van der Waals surface area contributed by atoms with Crippen molar-refractivity contribution in [3.63, 3.8) is 0 Å². The Morgan fingerprint density at radius 3 is 0.906 bits per heavy atom. The zero-order chi connectivity index (χ0) is 22.8. The number of rotatable bonds is 1. The van der Waals surface area contributed by atoms with Gasteiger partial charge in [-0.25, -0.2) is 0 Å². The molecule has 0 aromatic rings. The van der Waals surface area contributed by atoms with E-state index in [1.54, 1.807) is 0 Å². The highest BCUT2D eigenvalue weighted by molar-refractivity contribution is 4.54. The third-order valence-corrected chi connectivity index (χ3v) is 4.06. The van der Waals surface area contributed by atoms with Crippen LogP contribution in [0.25, 0.3) is 0 Å². The largest absolute Gasteiger partial charge is 0.394 e. The summed E-state index contributed by atoms with van der Waals surface area (Å²) in [4.78, 5) is 0. The molecular formula is C21H42O11. The summed E-state index contributed by atoms with van der Waals surface area (Å²) in [6.07, 6.45) is -0.384. The van der Waals surface area contributed by atoms with Gasteiger partial charge in [-0.1, -0.05) is 0 Å². The lowest BCUT2D eigenvalue weighted by Gasteiger charge is -2.16. The van der Waals surface area contributed by atoms with Crippen molar-refractivity contribution >= 4 is 0 Å². The molecule has 0 spiro atoms. The van der Waals surface area contributed by atoms with Crippen LogP contribution in [0.5, 0.6) is 0 Å². The second-order valence-electron chi connectivity index (χ2n) is 6.65. The molecule has 0 aromatic carbocycles. The van der Waals surface area contributed by atoms with Crippen molar-refractivity contribution in [1.29, 1.82) is 0 Å². The Hall–Kier alpha value is -0.440. The summed E-state index contributed by atoms with van der Waals surface area (Å²) in [6, 6.07) is 0. The van der Waals surface area contributed by atoms with Crippen LogP contribution in [0, 0.1) is 0 Å². The maximum atomic E-state index is 9.35. The number of hydrogen-bond donors (Lipinski definition) is 1. The molecule has 0 aliphatic carbocycles. The van der Waals surface area contributed by atoms with Gasteiger partial charge in [0.25, 0.3) is 0 Å². The average molecular weight is 471 g/mol. The van der Waals surface area contributed by atoms with E-state index in [9.17, 15) is 5.11 Å². The number of aliphatic hydroxyl groups is 1. The molecule has 0 aromatic heterocycles. The van der Waals surface area contributed by atoms with Crippen LogP contribution in [-0.2, 0) is 47.4 Å². The van der Waals surface area contributed by atoms with E-state index in [-0.39, 0.29) is 12.7 Å². The van der Waals surface area contributed by atoms with E-state index < -0.39 is 0 Å². The van der Waals surface area contributed by atoms with Crippen LogP contribution >= 0.6 is 0 Å². The van der Waals surface area contributed by atoms with E-state index in [2.05, 4.69) is 0 Å². The topological polar surface area (TPSA) is 113 Å². The van der Waals surface area contributed by atoms with E-state index in [4.69, 9.17) is 47.4 Å².